The highest BCUT2D eigenvalue weighted by Crippen LogP contribution is 2.47. The summed E-state index contributed by atoms with van der Waals surface area (Å²) in [5.74, 6) is -0.868. The molecule has 11 nitrogen and oxygen atoms in total. The number of anilines is 1. The van der Waals surface area contributed by atoms with Crippen LogP contribution in [0.4, 0.5) is 10.5 Å². The van der Waals surface area contributed by atoms with E-state index in [1.165, 1.54) is 24.4 Å². The normalized spacial score (nSPS) is 17.1. The van der Waals surface area contributed by atoms with Gasteiger partial charge < -0.3 is 25.0 Å². The molecule has 2 aliphatic rings. The van der Waals surface area contributed by atoms with Crippen molar-refractivity contribution in [3.05, 3.63) is 65.7 Å². The fraction of sp³-hybridized carbons (Fsp3) is 0.531. The molecule has 0 aromatic heterocycles. The van der Waals surface area contributed by atoms with Crippen molar-refractivity contribution in [2.75, 3.05) is 36.8 Å². The first-order valence-corrected chi connectivity index (χ1v) is 16.7. The highest BCUT2D eigenvalue weighted by atomic mass is 32.2. The van der Waals surface area contributed by atoms with Crippen molar-refractivity contribution in [2.45, 2.75) is 76.7 Å². The van der Waals surface area contributed by atoms with Crippen LogP contribution in [-0.2, 0) is 41.1 Å². The lowest BCUT2D eigenvalue weighted by Crippen LogP contribution is -2.61. The fourth-order valence-electron chi connectivity index (χ4n) is 5.68. The number of ether oxygens (including phenoxy) is 2. The second kappa shape index (κ2) is 12.8. The van der Waals surface area contributed by atoms with Crippen molar-refractivity contribution < 1.29 is 32.3 Å². The summed E-state index contributed by atoms with van der Waals surface area (Å²) >= 11 is 0. The van der Waals surface area contributed by atoms with Gasteiger partial charge in [-0.25, -0.2) is 13.2 Å². The van der Waals surface area contributed by atoms with E-state index < -0.39 is 44.6 Å². The van der Waals surface area contributed by atoms with E-state index in [1.807, 2.05) is 54.6 Å². The van der Waals surface area contributed by atoms with Gasteiger partial charge in [-0.3, -0.25) is 13.9 Å². The Morgan fingerprint density at radius 2 is 1.57 bits per heavy atom. The van der Waals surface area contributed by atoms with Crippen molar-refractivity contribution in [2.24, 2.45) is 0 Å². The van der Waals surface area contributed by atoms with Crippen LogP contribution < -0.4 is 14.9 Å². The zero-order valence-electron chi connectivity index (χ0n) is 26.4. The zero-order chi connectivity index (χ0) is 32.3. The summed E-state index contributed by atoms with van der Waals surface area (Å²) in [6.45, 7) is 9.53. The Bertz CT molecular complexity index is 1460. The summed E-state index contributed by atoms with van der Waals surface area (Å²) in [5, 5.41) is 5.38. The molecule has 2 heterocycles. The van der Waals surface area contributed by atoms with E-state index in [2.05, 4.69) is 10.6 Å². The predicted molar refractivity (Wildman–Crippen MR) is 168 cm³/mol. The molecule has 1 saturated heterocycles. The molecule has 1 spiro atoms. The number of amides is 3. The Morgan fingerprint density at radius 3 is 2.18 bits per heavy atom. The number of hydrogen-bond acceptors (Lipinski definition) is 7. The third-order valence-electron chi connectivity index (χ3n) is 8.00. The molecule has 2 aromatic carbocycles. The van der Waals surface area contributed by atoms with Crippen LogP contribution in [0.5, 0.6) is 0 Å². The van der Waals surface area contributed by atoms with Crippen molar-refractivity contribution in [1.29, 1.82) is 0 Å². The minimum atomic E-state index is -3.46. The van der Waals surface area contributed by atoms with Crippen LogP contribution in [0.25, 0.3) is 0 Å². The number of rotatable bonds is 9. The number of fused-ring (bicyclic) bond motifs is 2. The highest BCUT2D eigenvalue weighted by molar-refractivity contribution is 7.92. The second-order valence-corrected chi connectivity index (χ2v) is 15.1. The number of para-hydroxylation sites is 1. The minimum absolute atomic E-state index is 0.0751. The van der Waals surface area contributed by atoms with Crippen LogP contribution in [0.1, 0.15) is 58.6 Å². The fourth-order valence-corrected chi connectivity index (χ4v) is 6.68. The predicted octanol–water partition coefficient (Wildman–Crippen LogP) is 3.33. The van der Waals surface area contributed by atoms with Gasteiger partial charge >= 0.3 is 6.09 Å². The molecule has 1 fully saturated rings. The van der Waals surface area contributed by atoms with E-state index in [0.717, 1.165) is 11.1 Å². The third kappa shape index (κ3) is 7.89. The molecule has 0 bridgehead atoms. The standard InChI is InChI=1S/C32H44N4O7S/c1-30(2,3)43-29(39)34-31(4,5)28(38)33-25(21-42-20-23-12-8-7-9-13-23)27(37)35-18-16-32(17-19-35)22-36(44(6,40)41)26-15-11-10-14-24(26)32/h7-15,25H,16-22H2,1-6H3,(H,33,38)(H,34,39)/t25-/m1/s1. The van der Waals surface area contributed by atoms with Crippen molar-refractivity contribution >= 4 is 33.6 Å². The summed E-state index contributed by atoms with van der Waals surface area (Å²) in [6, 6.07) is 16.0. The van der Waals surface area contributed by atoms with E-state index in [4.69, 9.17) is 9.47 Å². The number of nitrogens with one attached hydrogen (secondary N) is 2. The Kier molecular flexibility index (Phi) is 9.65. The molecular formula is C32H44N4O7S. The topological polar surface area (TPSA) is 134 Å². The Labute approximate surface area is 260 Å². The minimum Gasteiger partial charge on any atom is -0.444 e. The molecule has 240 valence electrons. The third-order valence-corrected chi connectivity index (χ3v) is 9.13. The zero-order valence-corrected chi connectivity index (χ0v) is 27.2. The molecule has 44 heavy (non-hydrogen) atoms. The van der Waals surface area contributed by atoms with E-state index in [-0.39, 0.29) is 19.1 Å². The average Bonchev–Trinajstić information content (AvgIpc) is 3.26. The smallest absolute Gasteiger partial charge is 0.408 e. The van der Waals surface area contributed by atoms with Gasteiger partial charge in [0.15, 0.2) is 0 Å². The van der Waals surface area contributed by atoms with E-state index in [0.29, 0.717) is 38.2 Å². The van der Waals surface area contributed by atoms with Gasteiger partial charge in [-0.2, -0.15) is 0 Å². The van der Waals surface area contributed by atoms with Crippen molar-refractivity contribution in [3.63, 3.8) is 0 Å². The largest absolute Gasteiger partial charge is 0.444 e. The van der Waals surface area contributed by atoms with Gasteiger partial charge in [0.25, 0.3) is 0 Å². The maximum absolute atomic E-state index is 13.9. The number of benzene rings is 2. The number of hydrogen-bond donors (Lipinski definition) is 2. The molecule has 0 radical (unpaired) electrons. The molecule has 12 heteroatoms. The van der Waals surface area contributed by atoms with Gasteiger partial charge in [0.05, 0.1) is 25.2 Å². The summed E-state index contributed by atoms with van der Waals surface area (Å²) in [4.78, 5) is 41.4. The molecule has 2 N–H and O–H groups in total. The molecule has 2 aliphatic heterocycles. The maximum Gasteiger partial charge on any atom is 0.408 e. The molecule has 1 atom stereocenters. The lowest BCUT2D eigenvalue weighted by molar-refractivity contribution is -0.141. The maximum atomic E-state index is 13.9. The summed E-state index contributed by atoms with van der Waals surface area (Å²) in [7, 11) is -3.46. The Morgan fingerprint density at radius 1 is 0.955 bits per heavy atom. The Balaban J connectivity index is 1.47. The van der Waals surface area contributed by atoms with Gasteiger partial charge in [0.1, 0.15) is 17.2 Å². The molecule has 0 unspecified atom stereocenters. The number of carbonyl (C=O) groups is 3. The number of likely N-dealkylation sites (tertiary alicyclic amines) is 1. The highest BCUT2D eigenvalue weighted by Gasteiger charge is 2.48. The molecule has 0 aliphatic carbocycles. The second-order valence-electron chi connectivity index (χ2n) is 13.2. The van der Waals surface area contributed by atoms with Crippen LogP contribution in [0.2, 0.25) is 0 Å². The number of nitrogens with zero attached hydrogens (tertiary/aromatic N) is 2. The number of alkyl carbamates (subject to hydrolysis) is 1. The first-order valence-electron chi connectivity index (χ1n) is 14.8. The van der Waals surface area contributed by atoms with Crippen LogP contribution >= 0.6 is 0 Å². The molecule has 0 saturated carbocycles. The lowest BCUT2D eigenvalue weighted by atomic mass is 9.74. The number of sulfonamides is 1. The molecule has 2 aromatic rings. The quantitative estimate of drug-likeness (QED) is 0.435. The van der Waals surface area contributed by atoms with E-state index in [1.54, 1.807) is 25.7 Å². The molecule has 3 amide bonds. The monoisotopic (exact) mass is 628 g/mol. The van der Waals surface area contributed by atoms with Crippen LogP contribution in [0.3, 0.4) is 0 Å². The summed E-state index contributed by atoms with van der Waals surface area (Å²) < 4.78 is 37.8. The summed E-state index contributed by atoms with van der Waals surface area (Å²) in [5.41, 5.74) is 0.0574. The molecular weight excluding hydrogens is 584 g/mol. The lowest BCUT2D eigenvalue weighted by Gasteiger charge is -2.41. The number of carbonyl (C=O) groups excluding carboxylic acids is 3. The average molecular weight is 629 g/mol. The molecule has 4 rings (SSSR count). The first-order chi connectivity index (χ1) is 20.5. The Hall–Kier alpha value is -3.64. The van der Waals surface area contributed by atoms with Gasteiger partial charge in [-0.15, -0.1) is 0 Å². The van der Waals surface area contributed by atoms with Gasteiger partial charge in [0.2, 0.25) is 21.8 Å². The van der Waals surface area contributed by atoms with Crippen LogP contribution in [0.15, 0.2) is 54.6 Å². The van der Waals surface area contributed by atoms with Gasteiger partial charge in [0, 0.05) is 25.0 Å². The van der Waals surface area contributed by atoms with Gasteiger partial charge in [-0.05, 0) is 64.7 Å². The SMILES string of the molecule is CC(C)(C)OC(=O)NC(C)(C)C(=O)N[C@H](COCc1ccccc1)C(=O)N1CCC2(CC1)CN(S(C)(=O)=O)c1ccccc12. The van der Waals surface area contributed by atoms with E-state index >= 15 is 0 Å². The van der Waals surface area contributed by atoms with Crippen LogP contribution in [-0.4, -0.2) is 80.9 Å². The van der Waals surface area contributed by atoms with Gasteiger partial charge in [-0.1, -0.05) is 48.5 Å². The van der Waals surface area contributed by atoms with Crippen LogP contribution in [0, 0.1) is 0 Å². The summed E-state index contributed by atoms with van der Waals surface area (Å²) in [6.07, 6.45) is 1.60. The van der Waals surface area contributed by atoms with Crippen molar-refractivity contribution in [3.8, 4) is 0 Å². The van der Waals surface area contributed by atoms with E-state index in [9.17, 15) is 22.8 Å². The van der Waals surface area contributed by atoms with Crippen molar-refractivity contribution in [1.82, 2.24) is 15.5 Å². The number of piperidine rings is 1. The first kappa shape index (κ1) is 33.3.